The first-order chi connectivity index (χ1) is 6.68. The number of hydrogen-bond donors (Lipinski definition) is 0. The molecule has 0 N–H and O–H groups in total. The van der Waals surface area contributed by atoms with Crippen molar-refractivity contribution in [1.82, 2.24) is 0 Å². The van der Waals surface area contributed by atoms with E-state index >= 15 is 0 Å². The molecule has 0 saturated carbocycles. The molecule has 0 aliphatic heterocycles. The standard InChI is InChI=1S/C10H14O3S/c1-9(2)8-12-14(11)13-10-6-4-3-5-7-10/h3-7,9H,8H2,1-2H3. The van der Waals surface area contributed by atoms with Crippen molar-refractivity contribution in [3.05, 3.63) is 30.3 Å². The summed E-state index contributed by atoms with van der Waals surface area (Å²) < 4.78 is 21.2. The molecule has 0 fully saturated rings. The zero-order valence-corrected chi connectivity index (χ0v) is 9.12. The van der Waals surface area contributed by atoms with Crippen molar-refractivity contribution < 1.29 is 12.6 Å². The van der Waals surface area contributed by atoms with Crippen LogP contribution < -0.4 is 4.18 Å². The average molecular weight is 214 g/mol. The molecule has 3 nitrogen and oxygen atoms in total. The van der Waals surface area contributed by atoms with Crippen LogP contribution in [0.15, 0.2) is 30.3 Å². The molecule has 1 aromatic rings. The molecule has 1 atom stereocenters. The molecular weight excluding hydrogens is 200 g/mol. The van der Waals surface area contributed by atoms with E-state index in [0.29, 0.717) is 18.3 Å². The number of benzene rings is 1. The summed E-state index contributed by atoms with van der Waals surface area (Å²) in [5.41, 5.74) is 0. The molecule has 0 saturated heterocycles. The highest BCUT2D eigenvalue weighted by molar-refractivity contribution is 7.75. The predicted molar refractivity (Wildman–Crippen MR) is 56.0 cm³/mol. The number of hydrogen-bond acceptors (Lipinski definition) is 3. The molecule has 0 aliphatic carbocycles. The van der Waals surface area contributed by atoms with Gasteiger partial charge in [-0.1, -0.05) is 32.0 Å². The van der Waals surface area contributed by atoms with Crippen LogP contribution in [0.4, 0.5) is 0 Å². The molecule has 14 heavy (non-hydrogen) atoms. The fraction of sp³-hybridized carbons (Fsp3) is 0.400. The quantitative estimate of drug-likeness (QED) is 0.754. The van der Waals surface area contributed by atoms with Gasteiger partial charge in [0.1, 0.15) is 5.75 Å². The second-order valence-corrected chi connectivity index (χ2v) is 4.09. The van der Waals surface area contributed by atoms with Gasteiger partial charge in [0.05, 0.1) is 6.61 Å². The molecular formula is C10H14O3S. The Morgan fingerprint density at radius 3 is 2.50 bits per heavy atom. The smallest absolute Gasteiger partial charge is 0.360 e. The Morgan fingerprint density at radius 2 is 1.93 bits per heavy atom. The van der Waals surface area contributed by atoms with Gasteiger partial charge in [0.25, 0.3) is 0 Å². The lowest BCUT2D eigenvalue weighted by Crippen LogP contribution is -2.09. The highest BCUT2D eigenvalue weighted by Crippen LogP contribution is 2.10. The van der Waals surface area contributed by atoms with E-state index in [0.717, 1.165) is 0 Å². The van der Waals surface area contributed by atoms with Gasteiger partial charge in [-0.3, -0.25) is 4.18 Å². The molecule has 4 heteroatoms. The van der Waals surface area contributed by atoms with E-state index in [1.165, 1.54) is 0 Å². The first kappa shape index (κ1) is 11.2. The molecule has 0 heterocycles. The van der Waals surface area contributed by atoms with Gasteiger partial charge in [0.15, 0.2) is 0 Å². The predicted octanol–water partition coefficient (Wildman–Crippen LogP) is 2.32. The van der Waals surface area contributed by atoms with Gasteiger partial charge in [-0.15, -0.1) is 0 Å². The lowest BCUT2D eigenvalue weighted by atomic mass is 10.2. The molecule has 0 radical (unpaired) electrons. The normalized spacial score (nSPS) is 12.8. The maximum atomic E-state index is 11.2. The minimum atomic E-state index is -1.69. The lowest BCUT2D eigenvalue weighted by molar-refractivity contribution is 0.270. The Hall–Kier alpha value is -0.870. The zero-order valence-electron chi connectivity index (χ0n) is 8.30. The summed E-state index contributed by atoms with van der Waals surface area (Å²) in [6.45, 7) is 4.40. The third-order valence-electron chi connectivity index (χ3n) is 1.41. The molecule has 78 valence electrons. The Labute approximate surface area is 86.9 Å². The SMILES string of the molecule is CC(C)COS(=O)Oc1ccccc1. The summed E-state index contributed by atoms with van der Waals surface area (Å²) in [4.78, 5) is 0. The summed E-state index contributed by atoms with van der Waals surface area (Å²) in [6, 6.07) is 8.96. The largest absolute Gasteiger partial charge is 0.380 e. The van der Waals surface area contributed by atoms with Crippen molar-refractivity contribution in [3.8, 4) is 5.75 Å². The van der Waals surface area contributed by atoms with Crippen LogP contribution in [0.1, 0.15) is 13.8 Å². The highest BCUT2D eigenvalue weighted by atomic mass is 32.2. The zero-order chi connectivity index (χ0) is 10.4. The van der Waals surface area contributed by atoms with Crippen LogP contribution in [-0.4, -0.2) is 10.8 Å². The second-order valence-electron chi connectivity index (χ2n) is 3.28. The van der Waals surface area contributed by atoms with Crippen molar-refractivity contribution in [1.29, 1.82) is 0 Å². The number of para-hydroxylation sites is 1. The Balaban J connectivity index is 2.35. The van der Waals surface area contributed by atoms with Crippen LogP contribution in [0.5, 0.6) is 5.75 Å². The van der Waals surface area contributed by atoms with E-state index in [-0.39, 0.29) is 0 Å². The highest BCUT2D eigenvalue weighted by Gasteiger charge is 2.04. The van der Waals surface area contributed by atoms with E-state index in [1.54, 1.807) is 12.1 Å². The van der Waals surface area contributed by atoms with E-state index in [9.17, 15) is 4.21 Å². The van der Waals surface area contributed by atoms with Gasteiger partial charge in [0.2, 0.25) is 0 Å². The van der Waals surface area contributed by atoms with E-state index < -0.39 is 11.4 Å². The first-order valence-corrected chi connectivity index (χ1v) is 5.47. The molecule has 1 aromatic carbocycles. The molecule has 1 rings (SSSR count). The van der Waals surface area contributed by atoms with Crippen molar-refractivity contribution >= 4 is 11.4 Å². The van der Waals surface area contributed by atoms with Crippen molar-refractivity contribution in [2.24, 2.45) is 5.92 Å². The van der Waals surface area contributed by atoms with Crippen molar-refractivity contribution in [2.75, 3.05) is 6.61 Å². The van der Waals surface area contributed by atoms with Crippen molar-refractivity contribution in [2.45, 2.75) is 13.8 Å². The molecule has 1 unspecified atom stereocenters. The minimum absolute atomic E-state index is 0.346. The van der Waals surface area contributed by atoms with Gasteiger partial charge < -0.3 is 4.18 Å². The van der Waals surface area contributed by atoms with Gasteiger partial charge >= 0.3 is 11.4 Å². The van der Waals surface area contributed by atoms with E-state index in [1.807, 2.05) is 32.0 Å². The summed E-state index contributed by atoms with van der Waals surface area (Å²) in [6.07, 6.45) is 0. The van der Waals surface area contributed by atoms with Crippen molar-refractivity contribution in [3.63, 3.8) is 0 Å². The molecule has 0 bridgehead atoms. The van der Waals surface area contributed by atoms with Crippen LogP contribution in [0.2, 0.25) is 0 Å². The summed E-state index contributed by atoms with van der Waals surface area (Å²) in [5, 5.41) is 0. The second kappa shape index (κ2) is 5.78. The summed E-state index contributed by atoms with van der Waals surface area (Å²) in [5.74, 6) is 0.896. The first-order valence-electron chi connectivity index (χ1n) is 4.47. The maximum absolute atomic E-state index is 11.2. The monoisotopic (exact) mass is 214 g/mol. The maximum Gasteiger partial charge on any atom is 0.360 e. The van der Waals surface area contributed by atoms with Gasteiger partial charge in [-0.25, -0.2) is 0 Å². The number of rotatable bonds is 5. The minimum Gasteiger partial charge on any atom is -0.380 e. The van der Waals surface area contributed by atoms with Gasteiger partial charge in [-0.2, -0.15) is 4.21 Å². The van der Waals surface area contributed by atoms with Crippen LogP contribution in [0.3, 0.4) is 0 Å². The summed E-state index contributed by atoms with van der Waals surface area (Å²) in [7, 11) is 0. The van der Waals surface area contributed by atoms with Crippen LogP contribution >= 0.6 is 0 Å². The fourth-order valence-corrected chi connectivity index (χ4v) is 1.47. The van der Waals surface area contributed by atoms with E-state index in [4.69, 9.17) is 8.37 Å². The third kappa shape index (κ3) is 4.39. The Bertz CT molecular complexity index is 285. The third-order valence-corrected chi connectivity index (χ3v) is 2.06. The molecule has 0 amide bonds. The topological polar surface area (TPSA) is 35.5 Å². The summed E-state index contributed by atoms with van der Waals surface area (Å²) >= 11 is -1.69. The Morgan fingerprint density at radius 1 is 1.29 bits per heavy atom. The Kier molecular flexibility index (Phi) is 4.62. The molecule has 0 aromatic heterocycles. The van der Waals surface area contributed by atoms with Crippen LogP contribution in [0.25, 0.3) is 0 Å². The van der Waals surface area contributed by atoms with Crippen LogP contribution in [0, 0.1) is 5.92 Å². The fourth-order valence-electron chi connectivity index (χ4n) is 0.770. The van der Waals surface area contributed by atoms with Crippen LogP contribution in [-0.2, 0) is 15.5 Å². The van der Waals surface area contributed by atoms with E-state index in [2.05, 4.69) is 0 Å². The molecule has 0 spiro atoms. The van der Waals surface area contributed by atoms with Gasteiger partial charge in [0, 0.05) is 0 Å². The lowest BCUT2D eigenvalue weighted by Gasteiger charge is -2.06. The average Bonchev–Trinajstić information content (AvgIpc) is 2.16. The van der Waals surface area contributed by atoms with Gasteiger partial charge in [-0.05, 0) is 18.1 Å². The molecule has 0 aliphatic rings.